The Bertz CT molecular complexity index is 2160. The number of hydrogen-bond donors (Lipinski definition) is 3. The van der Waals surface area contributed by atoms with Crippen molar-refractivity contribution in [3.63, 3.8) is 0 Å². The first-order chi connectivity index (χ1) is 26.5. The molecule has 3 aliphatic rings. The molecule has 7 rings (SSSR count). The molecule has 3 atom stereocenters. The molecule has 55 heavy (non-hydrogen) atoms. The van der Waals surface area contributed by atoms with E-state index in [4.69, 9.17) is 0 Å². The fourth-order valence-corrected chi connectivity index (χ4v) is 8.05. The van der Waals surface area contributed by atoms with Crippen LogP contribution in [0.1, 0.15) is 87.3 Å². The number of amides is 3. The molecule has 284 valence electrons. The van der Waals surface area contributed by atoms with Crippen molar-refractivity contribution in [2.75, 3.05) is 36.4 Å². The van der Waals surface area contributed by atoms with E-state index in [9.17, 15) is 24.9 Å². The van der Waals surface area contributed by atoms with Crippen molar-refractivity contribution in [1.29, 1.82) is 10.5 Å². The number of piperidine rings is 1. The number of aromatic nitrogens is 5. The first-order valence-electron chi connectivity index (χ1n) is 19.1. The van der Waals surface area contributed by atoms with Gasteiger partial charge in [0.1, 0.15) is 12.1 Å². The van der Waals surface area contributed by atoms with Gasteiger partial charge in [-0.25, -0.2) is 9.97 Å². The number of carbonyl (C=O) groups is 3. The minimum Gasteiger partial charge on any atom is -0.369 e. The van der Waals surface area contributed by atoms with E-state index in [1.807, 2.05) is 25.3 Å². The molecule has 3 N–H and O–H groups in total. The van der Waals surface area contributed by atoms with Crippen LogP contribution in [-0.4, -0.2) is 91.7 Å². The lowest BCUT2D eigenvalue weighted by atomic mass is 9.78. The second kappa shape index (κ2) is 15.8. The maximum Gasteiger partial charge on any atom is 0.255 e. The van der Waals surface area contributed by atoms with Crippen LogP contribution in [0.2, 0.25) is 0 Å². The molecular formula is C40H46N12O3. The van der Waals surface area contributed by atoms with Gasteiger partial charge in [0.15, 0.2) is 11.5 Å². The summed E-state index contributed by atoms with van der Waals surface area (Å²) < 4.78 is 1.55. The molecule has 4 aromatic heterocycles. The van der Waals surface area contributed by atoms with Crippen LogP contribution in [0.4, 0.5) is 11.4 Å². The maximum atomic E-state index is 13.6. The largest absolute Gasteiger partial charge is 0.369 e. The predicted octanol–water partition coefficient (Wildman–Crippen LogP) is 3.99. The highest BCUT2D eigenvalue weighted by atomic mass is 16.2. The summed E-state index contributed by atoms with van der Waals surface area (Å²) in [5.41, 5.74) is 2.72. The number of anilines is 2. The third kappa shape index (κ3) is 7.98. The van der Waals surface area contributed by atoms with Crippen molar-refractivity contribution < 1.29 is 14.4 Å². The summed E-state index contributed by atoms with van der Waals surface area (Å²) in [6.45, 7) is 9.66. The van der Waals surface area contributed by atoms with E-state index in [-0.39, 0.29) is 23.8 Å². The highest BCUT2D eigenvalue weighted by Gasteiger charge is 2.41. The molecule has 2 aliphatic heterocycles. The first kappa shape index (κ1) is 37.4. The fraction of sp³-hybridized carbons (Fsp3) is 0.475. The Balaban J connectivity index is 0.896. The SMILES string of the molecule is C[C@H](C#N)Nc1cc(-n2ncc3cc(C#N)cnc32)ncc1C(=O)NC1CCC(CCN2CCN(c3ccc([C@@]4(C)CCC(=O)NC4=O)nc3)[C@@H](C)C2)CC1. The fourth-order valence-electron chi connectivity index (χ4n) is 8.05. The van der Waals surface area contributed by atoms with Crippen LogP contribution >= 0.6 is 0 Å². The van der Waals surface area contributed by atoms with E-state index >= 15 is 0 Å². The quantitative estimate of drug-likeness (QED) is 0.198. The van der Waals surface area contributed by atoms with Crippen LogP contribution in [0.3, 0.4) is 0 Å². The molecule has 1 saturated carbocycles. The van der Waals surface area contributed by atoms with Crippen LogP contribution in [0.25, 0.3) is 16.9 Å². The lowest BCUT2D eigenvalue weighted by Gasteiger charge is -2.42. The molecular weight excluding hydrogens is 697 g/mol. The number of nitrogens with one attached hydrogen (secondary N) is 3. The number of pyridine rings is 3. The summed E-state index contributed by atoms with van der Waals surface area (Å²) in [5.74, 6) is 0.283. The summed E-state index contributed by atoms with van der Waals surface area (Å²) in [6, 6.07) is 11.4. The minimum absolute atomic E-state index is 0.0550. The lowest BCUT2D eigenvalue weighted by molar-refractivity contribution is -0.137. The molecule has 0 bridgehead atoms. The van der Waals surface area contributed by atoms with Crippen LogP contribution < -0.4 is 20.9 Å². The van der Waals surface area contributed by atoms with Crippen LogP contribution in [0.15, 0.2) is 49.1 Å². The third-order valence-corrected chi connectivity index (χ3v) is 11.5. The van der Waals surface area contributed by atoms with Gasteiger partial charge in [-0.15, -0.1) is 0 Å². The van der Waals surface area contributed by atoms with Crippen molar-refractivity contribution in [3.8, 4) is 18.0 Å². The number of hydrogen-bond acceptors (Lipinski definition) is 12. The van der Waals surface area contributed by atoms with Gasteiger partial charge in [0, 0.05) is 62.0 Å². The van der Waals surface area contributed by atoms with E-state index in [1.54, 1.807) is 29.9 Å². The summed E-state index contributed by atoms with van der Waals surface area (Å²) >= 11 is 0. The van der Waals surface area contributed by atoms with Gasteiger partial charge < -0.3 is 15.5 Å². The molecule has 0 spiro atoms. The van der Waals surface area contributed by atoms with Gasteiger partial charge >= 0.3 is 0 Å². The Hall–Kier alpha value is -5.93. The van der Waals surface area contributed by atoms with E-state index < -0.39 is 11.5 Å². The summed E-state index contributed by atoms with van der Waals surface area (Å²) in [6.07, 6.45) is 12.2. The first-order valence-corrected chi connectivity index (χ1v) is 19.1. The molecule has 3 amide bonds. The second-order valence-corrected chi connectivity index (χ2v) is 15.3. The number of imide groups is 1. The minimum atomic E-state index is -0.799. The van der Waals surface area contributed by atoms with E-state index in [0.29, 0.717) is 64.2 Å². The maximum absolute atomic E-state index is 13.6. The Morgan fingerprint density at radius 1 is 1.05 bits per heavy atom. The molecule has 4 aromatic rings. The van der Waals surface area contributed by atoms with Gasteiger partial charge in [-0.05, 0) is 90.0 Å². The molecule has 3 fully saturated rings. The van der Waals surface area contributed by atoms with E-state index in [2.05, 4.69) is 64.9 Å². The molecule has 15 heteroatoms. The number of carbonyl (C=O) groups excluding carboxylic acids is 3. The molecule has 0 unspecified atom stereocenters. The van der Waals surface area contributed by atoms with Crippen LogP contribution in [0, 0.1) is 28.6 Å². The average Bonchev–Trinajstić information content (AvgIpc) is 3.62. The summed E-state index contributed by atoms with van der Waals surface area (Å²) in [4.78, 5) is 56.4. The van der Waals surface area contributed by atoms with E-state index in [1.165, 1.54) is 12.4 Å². The number of piperazine rings is 1. The van der Waals surface area contributed by atoms with Gasteiger partial charge in [-0.3, -0.25) is 29.6 Å². The van der Waals surface area contributed by atoms with Crippen molar-refractivity contribution in [2.24, 2.45) is 5.92 Å². The molecule has 6 heterocycles. The normalized spacial score (nSPS) is 23.7. The lowest BCUT2D eigenvalue weighted by Crippen LogP contribution is -2.52. The third-order valence-electron chi connectivity index (χ3n) is 11.5. The Morgan fingerprint density at radius 2 is 1.87 bits per heavy atom. The van der Waals surface area contributed by atoms with Gasteiger partial charge in [0.25, 0.3) is 5.91 Å². The second-order valence-electron chi connectivity index (χ2n) is 15.3. The average molecular weight is 743 g/mol. The Kier molecular flexibility index (Phi) is 10.7. The van der Waals surface area contributed by atoms with Gasteiger partial charge in [-0.1, -0.05) is 0 Å². The summed E-state index contributed by atoms with van der Waals surface area (Å²) in [7, 11) is 0. The van der Waals surface area contributed by atoms with E-state index in [0.717, 1.165) is 64.0 Å². The summed E-state index contributed by atoms with van der Waals surface area (Å²) in [5, 5.41) is 32.6. The molecule has 1 aliphatic carbocycles. The van der Waals surface area contributed by atoms with Gasteiger partial charge in [-0.2, -0.15) is 20.3 Å². The predicted molar refractivity (Wildman–Crippen MR) is 205 cm³/mol. The standard InChI is InChI=1S/C40H46N12O3/c1-25(18-41)47-33-17-35(52-37-29(21-46-52)16-28(19-42)20-45-37)44-23-32(33)38(54)48-30-6-4-27(5-7-30)11-13-50-14-15-51(26(2)24-50)31-8-9-34(43-22-31)40(3)12-10-36(53)49-39(40)55/h8-9,16-17,20-23,25-27,30H,4-7,10-15,24H2,1-3H3,(H,44,47)(H,48,54)(H,49,53,55)/t25-,26+,27?,30?,40-/m1/s1. The van der Waals surface area contributed by atoms with Crippen molar-refractivity contribution in [2.45, 2.75) is 89.3 Å². The number of fused-ring (bicyclic) bond motifs is 1. The zero-order valence-electron chi connectivity index (χ0n) is 31.5. The number of nitrogens with zero attached hydrogens (tertiary/aromatic N) is 9. The van der Waals surface area contributed by atoms with Crippen molar-refractivity contribution in [1.82, 2.24) is 40.3 Å². The number of rotatable bonds is 10. The van der Waals surface area contributed by atoms with Crippen LogP contribution in [-0.2, 0) is 15.0 Å². The highest BCUT2D eigenvalue weighted by molar-refractivity contribution is 6.03. The smallest absolute Gasteiger partial charge is 0.255 e. The molecule has 0 aromatic carbocycles. The zero-order chi connectivity index (χ0) is 38.7. The van der Waals surface area contributed by atoms with Gasteiger partial charge in [0.05, 0.1) is 52.1 Å². The Morgan fingerprint density at radius 3 is 2.58 bits per heavy atom. The molecule has 15 nitrogen and oxygen atoms in total. The highest BCUT2D eigenvalue weighted by Crippen LogP contribution is 2.33. The number of nitriles is 2. The monoisotopic (exact) mass is 742 g/mol. The molecule has 0 radical (unpaired) electrons. The molecule has 2 saturated heterocycles. The van der Waals surface area contributed by atoms with Crippen molar-refractivity contribution in [3.05, 3.63) is 65.9 Å². The van der Waals surface area contributed by atoms with Gasteiger partial charge in [0.2, 0.25) is 11.8 Å². The topological polar surface area (TPSA) is 198 Å². The zero-order valence-corrected chi connectivity index (χ0v) is 31.5. The van der Waals surface area contributed by atoms with Crippen LogP contribution in [0.5, 0.6) is 0 Å². The Labute approximate surface area is 320 Å². The van der Waals surface area contributed by atoms with Crippen molar-refractivity contribution >= 4 is 40.1 Å².